The first kappa shape index (κ1) is 33.5. The van der Waals surface area contributed by atoms with Crippen LogP contribution in [-0.2, 0) is 29.8 Å². The van der Waals surface area contributed by atoms with Gasteiger partial charge in [0.05, 0.1) is 7.11 Å². The van der Waals surface area contributed by atoms with Crippen LogP contribution in [-0.4, -0.2) is 50.6 Å². The molecule has 1 N–H and O–H groups in total. The maximum absolute atomic E-state index is 12.9. The lowest BCUT2D eigenvalue weighted by molar-refractivity contribution is -0.131. The van der Waals surface area contributed by atoms with Gasteiger partial charge in [-0.25, -0.2) is 9.97 Å². The number of nitrogens with zero attached hydrogens (tertiary/aromatic N) is 4. The van der Waals surface area contributed by atoms with Crippen LogP contribution >= 0.6 is 11.3 Å². The van der Waals surface area contributed by atoms with Crippen LogP contribution in [0.3, 0.4) is 0 Å². The molecule has 0 spiro atoms. The summed E-state index contributed by atoms with van der Waals surface area (Å²) in [4.78, 5) is 25.0. The van der Waals surface area contributed by atoms with Crippen molar-refractivity contribution in [1.29, 1.82) is 0 Å². The van der Waals surface area contributed by atoms with E-state index in [1.807, 2.05) is 35.7 Å². The van der Waals surface area contributed by atoms with E-state index in [2.05, 4.69) is 58.7 Å². The Labute approximate surface area is 245 Å². The van der Waals surface area contributed by atoms with E-state index in [-0.39, 0.29) is 17.9 Å². The van der Waals surface area contributed by atoms with E-state index in [0.29, 0.717) is 24.7 Å². The second-order valence-corrected chi connectivity index (χ2v) is 12.2. The molecule has 3 rings (SSSR count). The van der Waals surface area contributed by atoms with Crippen LogP contribution in [0.5, 0.6) is 5.75 Å². The fourth-order valence-electron chi connectivity index (χ4n) is 4.69. The van der Waals surface area contributed by atoms with Crippen molar-refractivity contribution in [1.82, 2.24) is 19.4 Å². The molecule has 40 heavy (non-hydrogen) atoms. The second kappa shape index (κ2) is 15.9. The normalized spacial score (nSPS) is 11.4. The van der Waals surface area contributed by atoms with Gasteiger partial charge in [0, 0.05) is 60.6 Å². The van der Waals surface area contributed by atoms with Gasteiger partial charge < -0.3 is 19.3 Å². The first-order valence-electron chi connectivity index (χ1n) is 14.6. The number of rotatable bonds is 13. The van der Waals surface area contributed by atoms with Gasteiger partial charge in [0.2, 0.25) is 5.91 Å². The average Bonchev–Trinajstić information content (AvgIpc) is 3.60. The minimum absolute atomic E-state index is 0.0438. The van der Waals surface area contributed by atoms with E-state index in [0.717, 1.165) is 48.7 Å². The highest BCUT2D eigenvalue weighted by Crippen LogP contribution is 2.41. The predicted octanol–water partition coefficient (Wildman–Crippen LogP) is 7.22. The lowest BCUT2D eigenvalue weighted by Crippen LogP contribution is -2.33. The van der Waals surface area contributed by atoms with E-state index >= 15 is 0 Å². The molecule has 0 radical (unpaired) electrons. The number of ether oxygens (including phenoxy) is 1. The Hall–Kier alpha value is -2.71. The van der Waals surface area contributed by atoms with Crippen molar-refractivity contribution in [2.24, 2.45) is 0 Å². The quantitative estimate of drug-likeness (QED) is 0.235. The zero-order valence-electron chi connectivity index (χ0n) is 26.1. The molecule has 2 heterocycles. The molecule has 0 unspecified atom stereocenters. The number of amides is 1. The van der Waals surface area contributed by atoms with Gasteiger partial charge in [-0.05, 0) is 48.3 Å². The highest BCUT2D eigenvalue weighted by Gasteiger charge is 2.24. The smallest absolute Gasteiger partial charge is 0.224 e. The van der Waals surface area contributed by atoms with Crippen molar-refractivity contribution < 1.29 is 14.6 Å². The number of hydrogen-bond acceptors (Lipinski definition) is 6. The minimum atomic E-state index is -0.121. The van der Waals surface area contributed by atoms with Crippen LogP contribution in [0, 0.1) is 0 Å². The Kier molecular flexibility index (Phi) is 13.3. The second-order valence-electron chi connectivity index (χ2n) is 11.1. The lowest BCUT2D eigenvalue weighted by Gasteiger charge is -2.26. The number of carbonyl (C=O) groups excluding carboxylic acids is 1. The minimum Gasteiger partial charge on any atom is -0.496 e. The molecular formula is C32H50N4O3S. The molecule has 0 saturated heterocycles. The summed E-state index contributed by atoms with van der Waals surface area (Å²) in [5, 5.41) is 10.4. The van der Waals surface area contributed by atoms with Crippen molar-refractivity contribution in [2.75, 3.05) is 20.2 Å². The number of imidazole rings is 1. The van der Waals surface area contributed by atoms with Crippen LogP contribution in [0.1, 0.15) is 102 Å². The number of aliphatic hydroxyl groups excluding tert-OH is 1. The molecule has 0 bridgehead atoms. The summed E-state index contributed by atoms with van der Waals surface area (Å²) in [6.45, 7) is 19.0. The number of carbonyl (C=O) groups is 1. The van der Waals surface area contributed by atoms with E-state index in [4.69, 9.17) is 9.72 Å². The lowest BCUT2D eigenvalue weighted by atomic mass is 9.82. The summed E-state index contributed by atoms with van der Waals surface area (Å²) in [5.74, 6) is 2.06. The summed E-state index contributed by atoms with van der Waals surface area (Å²) in [7, 11) is 1.76. The first-order valence-corrected chi connectivity index (χ1v) is 15.5. The van der Waals surface area contributed by atoms with E-state index in [9.17, 15) is 9.90 Å². The number of methoxy groups -OCH3 is 1. The SMILES string of the molecule is CC.CCCN(CCCc1cnc(-c2cc(C(C)C)c(OC)c(C(C)(C)C)c2)s1)C(=O)CCn1ccnc1CO. The molecule has 8 heteroatoms. The zero-order chi connectivity index (χ0) is 29.9. The maximum Gasteiger partial charge on any atom is 0.224 e. The topological polar surface area (TPSA) is 80.5 Å². The Bertz CT molecular complexity index is 1190. The molecular weight excluding hydrogens is 520 g/mol. The number of thiazole rings is 1. The Balaban J connectivity index is 0.00000274. The van der Waals surface area contributed by atoms with Gasteiger partial charge in [-0.2, -0.15) is 0 Å². The summed E-state index contributed by atoms with van der Waals surface area (Å²) in [6, 6.07) is 4.46. The van der Waals surface area contributed by atoms with Crippen LogP contribution in [0.4, 0.5) is 0 Å². The molecule has 0 saturated carbocycles. The fourth-order valence-corrected chi connectivity index (χ4v) is 5.63. The van der Waals surface area contributed by atoms with Gasteiger partial charge in [-0.1, -0.05) is 55.4 Å². The zero-order valence-corrected chi connectivity index (χ0v) is 26.9. The monoisotopic (exact) mass is 570 g/mol. The van der Waals surface area contributed by atoms with E-state index in [1.54, 1.807) is 24.6 Å². The average molecular weight is 571 g/mol. The molecule has 0 atom stereocenters. The Morgan fingerprint density at radius 1 is 1.18 bits per heavy atom. The molecule has 0 aliphatic carbocycles. The highest BCUT2D eigenvalue weighted by molar-refractivity contribution is 7.15. The maximum atomic E-state index is 12.9. The number of hydrogen-bond donors (Lipinski definition) is 1. The van der Waals surface area contributed by atoms with Crippen LogP contribution in [0.15, 0.2) is 30.7 Å². The number of aliphatic hydroxyl groups is 1. The van der Waals surface area contributed by atoms with E-state index in [1.165, 1.54) is 16.0 Å². The Morgan fingerprint density at radius 3 is 2.50 bits per heavy atom. The third kappa shape index (κ3) is 8.90. The molecule has 2 aromatic heterocycles. The largest absolute Gasteiger partial charge is 0.496 e. The standard InChI is InChI=1S/C30H44N4O3S.C2H6/c1-8-13-34(27(36)11-15-33-16-12-31-26(33)20-35)14-9-10-23-19-32-29(38-23)22-17-24(21(2)3)28(37-7)25(18-22)30(4,5)6;1-2/h12,16-19,21,35H,8-11,13-15,20H2,1-7H3;1-2H3. The molecule has 3 aromatic rings. The fraction of sp³-hybridized carbons (Fsp3) is 0.594. The number of aromatic nitrogens is 3. The van der Waals surface area contributed by atoms with Gasteiger partial charge in [0.15, 0.2) is 0 Å². The van der Waals surface area contributed by atoms with Crippen molar-refractivity contribution in [3.05, 3.63) is 52.6 Å². The molecule has 7 nitrogen and oxygen atoms in total. The third-order valence-electron chi connectivity index (χ3n) is 6.76. The molecule has 0 aliphatic rings. The van der Waals surface area contributed by atoms with Crippen LogP contribution in [0.2, 0.25) is 0 Å². The van der Waals surface area contributed by atoms with Gasteiger partial charge in [-0.3, -0.25) is 4.79 Å². The van der Waals surface area contributed by atoms with Crippen molar-refractivity contribution in [3.8, 4) is 16.3 Å². The molecule has 1 aromatic carbocycles. The van der Waals surface area contributed by atoms with E-state index < -0.39 is 0 Å². The summed E-state index contributed by atoms with van der Waals surface area (Å²) >= 11 is 1.74. The molecule has 0 aliphatic heterocycles. The number of benzene rings is 1. The summed E-state index contributed by atoms with van der Waals surface area (Å²) < 4.78 is 7.70. The van der Waals surface area contributed by atoms with Gasteiger partial charge in [0.25, 0.3) is 0 Å². The van der Waals surface area contributed by atoms with Crippen molar-refractivity contribution in [2.45, 2.75) is 106 Å². The molecule has 222 valence electrons. The Morgan fingerprint density at radius 2 is 1.90 bits per heavy atom. The summed E-state index contributed by atoms with van der Waals surface area (Å²) in [5.41, 5.74) is 3.51. The van der Waals surface area contributed by atoms with Gasteiger partial charge in [0.1, 0.15) is 23.2 Å². The summed E-state index contributed by atoms with van der Waals surface area (Å²) in [6.07, 6.45) is 8.56. The van der Waals surface area contributed by atoms with Crippen molar-refractivity contribution in [3.63, 3.8) is 0 Å². The third-order valence-corrected chi connectivity index (χ3v) is 7.87. The van der Waals surface area contributed by atoms with Crippen LogP contribution < -0.4 is 4.74 Å². The number of aryl methyl sites for hydroxylation is 2. The molecule has 0 fully saturated rings. The predicted molar refractivity (Wildman–Crippen MR) is 166 cm³/mol. The van der Waals surface area contributed by atoms with Crippen molar-refractivity contribution >= 4 is 17.2 Å². The first-order chi connectivity index (χ1) is 19.1. The van der Waals surface area contributed by atoms with Crippen LogP contribution in [0.25, 0.3) is 10.6 Å². The molecule has 1 amide bonds. The van der Waals surface area contributed by atoms with Gasteiger partial charge >= 0.3 is 0 Å². The highest BCUT2D eigenvalue weighted by atomic mass is 32.1. The van der Waals surface area contributed by atoms with Gasteiger partial charge in [-0.15, -0.1) is 11.3 Å².